The van der Waals surface area contributed by atoms with Crippen LogP contribution in [0.4, 0.5) is 30.5 Å². The molecule has 0 spiro atoms. The van der Waals surface area contributed by atoms with Crippen LogP contribution in [0.2, 0.25) is 0 Å². The zero-order chi connectivity index (χ0) is 15.6. The average Bonchev–Trinajstić information content (AvgIpc) is 2.42. The number of nitrogen functional groups attached to an aromatic ring is 3. The quantitative estimate of drug-likeness (QED) is 0.513. The van der Waals surface area contributed by atoms with E-state index < -0.39 is 11.7 Å². The Morgan fingerprint density at radius 3 is 2.48 bits per heavy atom. The summed E-state index contributed by atoms with van der Waals surface area (Å²) < 4.78 is 38.1. The number of nitrogens with zero attached hydrogens (tertiary/aromatic N) is 1. The predicted molar refractivity (Wildman–Crippen MR) is 75.1 cm³/mol. The smallest absolute Gasteiger partial charge is 0.395 e. The molecule has 0 atom stereocenters. The number of hydrogen-bond acceptors (Lipinski definition) is 5. The van der Waals surface area contributed by atoms with E-state index >= 15 is 0 Å². The third-order valence-corrected chi connectivity index (χ3v) is 2.95. The number of hydrazine groups is 1. The van der Waals surface area contributed by atoms with Gasteiger partial charge in [0, 0.05) is 0 Å². The van der Waals surface area contributed by atoms with Gasteiger partial charge in [0.25, 0.3) is 0 Å². The minimum atomic E-state index is -4.39. The Bertz CT molecular complexity index is 655. The molecule has 0 aliphatic heterocycles. The van der Waals surface area contributed by atoms with E-state index in [4.69, 9.17) is 17.3 Å². The van der Waals surface area contributed by atoms with Crippen LogP contribution < -0.4 is 22.7 Å². The van der Waals surface area contributed by atoms with Gasteiger partial charge < -0.3 is 16.9 Å². The van der Waals surface area contributed by atoms with Crippen LogP contribution in [0.5, 0.6) is 0 Å². The first-order valence-corrected chi connectivity index (χ1v) is 5.99. The van der Waals surface area contributed by atoms with Crippen molar-refractivity contribution in [3.8, 4) is 0 Å². The Hall–Kier alpha value is -2.48. The highest BCUT2D eigenvalue weighted by Crippen LogP contribution is 2.31. The normalized spacial score (nSPS) is 11.4. The van der Waals surface area contributed by atoms with E-state index in [1.165, 1.54) is 12.1 Å². The molecule has 0 saturated heterocycles. The standard InChI is InChI=1S/C13H14F3N5/c14-13(15,16)9-3-1-2-7(5-9)4-8-6-10(17)20-12(21-19)11(8)18/h1-3,5-6H,4,18-19H2,(H3,17,20,21). The predicted octanol–water partition coefficient (Wildman–Crippen LogP) is 2.14. The molecule has 112 valence electrons. The molecule has 5 nitrogen and oxygen atoms in total. The molecule has 0 unspecified atom stereocenters. The van der Waals surface area contributed by atoms with Crippen LogP contribution in [0.25, 0.3) is 0 Å². The van der Waals surface area contributed by atoms with E-state index in [9.17, 15) is 13.2 Å². The SMILES string of the molecule is NNc1nc(N)cc(Cc2cccc(C(F)(F)F)c2)c1N. The van der Waals surface area contributed by atoms with Crippen LogP contribution in [0.15, 0.2) is 30.3 Å². The Labute approximate surface area is 118 Å². The zero-order valence-corrected chi connectivity index (χ0v) is 10.9. The number of hydrogen-bond donors (Lipinski definition) is 4. The molecule has 1 aromatic carbocycles. The fraction of sp³-hybridized carbons (Fsp3) is 0.154. The summed E-state index contributed by atoms with van der Waals surface area (Å²) in [6.07, 6.45) is -4.19. The Kier molecular flexibility index (Phi) is 3.90. The Balaban J connectivity index is 2.37. The molecule has 1 aromatic heterocycles. The summed E-state index contributed by atoms with van der Waals surface area (Å²) in [4.78, 5) is 3.89. The Morgan fingerprint density at radius 1 is 1.14 bits per heavy atom. The van der Waals surface area contributed by atoms with Gasteiger partial charge in [-0.05, 0) is 29.7 Å². The van der Waals surface area contributed by atoms with Crippen molar-refractivity contribution in [2.75, 3.05) is 16.9 Å². The number of anilines is 3. The van der Waals surface area contributed by atoms with Crippen molar-refractivity contribution in [2.24, 2.45) is 5.84 Å². The minimum Gasteiger partial charge on any atom is -0.395 e. The van der Waals surface area contributed by atoms with Crippen molar-refractivity contribution in [1.29, 1.82) is 0 Å². The zero-order valence-electron chi connectivity index (χ0n) is 10.9. The van der Waals surface area contributed by atoms with Gasteiger partial charge in [-0.1, -0.05) is 18.2 Å². The number of halogens is 3. The summed E-state index contributed by atoms with van der Waals surface area (Å²) in [7, 11) is 0. The number of pyridine rings is 1. The molecule has 2 aromatic rings. The largest absolute Gasteiger partial charge is 0.416 e. The second-order valence-electron chi connectivity index (χ2n) is 4.49. The molecule has 0 bridgehead atoms. The lowest BCUT2D eigenvalue weighted by molar-refractivity contribution is -0.137. The van der Waals surface area contributed by atoms with Gasteiger partial charge in [0.2, 0.25) is 0 Å². The summed E-state index contributed by atoms with van der Waals surface area (Å²) in [5, 5.41) is 0. The van der Waals surface area contributed by atoms with Gasteiger partial charge in [0.15, 0.2) is 5.82 Å². The number of benzene rings is 1. The maximum atomic E-state index is 12.7. The number of nitrogens with one attached hydrogen (secondary N) is 1. The second kappa shape index (κ2) is 5.49. The van der Waals surface area contributed by atoms with Gasteiger partial charge in [0.1, 0.15) is 5.82 Å². The van der Waals surface area contributed by atoms with Gasteiger partial charge in [-0.25, -0.2) is 10.8 Å². The van der Waals surface area contributed by atoms with Crippen molar-refractivity contribution in [2.45, 2.75) is 12.6 Å². The fourth-order valence-electron chi connectivity index (χ4n) is 1.96. The fourth-order valence-corrected chi connectivity index (χ4v) is 1.96. The number of aromatic nitrogens is 1. The molecule has 8 heteroatoms. The number of alkyl halides is 3. The maximum Gasteiger partial charge on any atom is 0.416 e. The lowest BCUT2D eigenvalue weighted by Crippen LogP contribution is -2.13. The molecule has 2 rings (SSSR count). The van der Waals surface area contributed by atoms with Crippen molar-refractivity contribution in [3.63, 3.8) is 0 Å². The van der Waals surface area contributed by atoms with E-state index in [-0.39, 0.29) is 23.7 Å². The van der Waals surface area contributed by atoms with E-state index in [0.29, 0.717) is 11.1 Å². The van der Waals surface area contributed by atoms with Gasteiger partial charge in [-0.2, -0.15) is 13.2 Å². The topological polar surface area (TPSA) is 103 Å². The first-order chi connectivity index (χ1) is 9.81. The summed E-state index contributed by atoms with van der Waals surface area (Å²) in [5.41, 5.74) is 14.3. The first kappa shape index (κ1) is 14.9. The van der Waals surface area contributed by atoms with Crippen LogP contribution in [0, 0.1) is 0 Å². The van der Waals surface area contributed by atoms with E-state index in [1.54, 1.807) is 6.07 Å². The van der Waals surface area contributed by atoms with Crippen LogP contribution in [0.1, 0.15) is 16.7 Å². The van der Waals surface area contributed by atoms with Gasteiger partial charge >= 0.3 is 6.18 Å². The summed E-state index contributed by atoms with van der Waals surface area (Å²) in [6, 6.07) is 6.53. The molecule has 0 radical (unpaired) electrons. The summed E-state index contributed by atoms with van der Waals surface area (Å²) in [6.45, 7) is 0. The molecular formula is C13H14F3N5. The van der Waals surface area contributed by atoms with Gasteiger partial charge in [-0.3, -0.25) is 0 Å². The van der Waals surface area contributed by atoms with E-state index in [1.807, 2.05) is 0 Å². The van der Waals surface area contributed by atoms with Crippen molar-refractivity contribution in [3.05, 3.63) is 47.0 Å². The molecule has 0 aliphatic carbocycles. The maximum absolute atomic E-state index is 12.7. The second-order valence-corrected chi connectivity index (χ2v) is 4.49. The lowest BCUT2D eigenvalue weighted by atomic mass is 10.0. The van der Waals surface area contributed by atoms with Gasteiger partial charge in [-0.15, -0.1) is 0 Å². The Morgan fingerprint density at radius 2 is 1.86 bits per heavy atom. The minimum absolute atomic E-state index is 0.180. The summed E-state index contributed by atoms with van der Waals surface area (Å²) >= 11 is 0. The monoisotopic (exact) mass is 297 g/mol. The number of rotatable bonds is 3. The molecular weight excluding hydrogens is 283 g/mol. The highest BCUT2D eigenvalue weighted by atomic mass is 19.4. The van der Waals surface area contributed by atoms with E-state index in [0.717, 1.165) is 12.1 Å². The average molecular weight is 297 g/mol. The van der Waals surface area contributed by atoms with Crippen molar-refractivity contribution in [1.82, 2.24) is 4.98 Å². The molecule has 0 fully saturated rings. The van der Waals surface area contributed by atoms with Crippen LogP contribution in [0.3, 0.4) is 0 Å². The van der Waals surface area contributed by atoms with Gasteiger partial charge in [0.05, 0.1) is 11.3 Å². The molecule has 1 heterocycles. The highest BCUT2D eigenvalue weighted by Gasteiger charge is 2.30. The molecule has 7 N–H and O–H groups in total. The highest BCUT2D eigenvalue weighted by molar-refractivity contribution is 5.68. The lowest BCUT2D eigenvalue weighted by Gasteiger charge is -2.12. The molecule has 0 amide bonds. The third kappa shape index (κ3) is 3.34. The first-order valence-electron chi connectivity index (χ1n) is 5.99. The van der Waals surface area contributed by atoms with E-state index in [2.05, 4.69) is 10.4 Å². The van der Waals surface area contributed by atoms with Crippen LogP contribution in [-0.2, 0) is 12.6 Å². The molecule has 0 saturated carbocycles. The third-order valence-electron chi connectivity index (χ3n) is 2.95. The van der Waals surface area contributed by atoms with Crippen LogP contribution in [-0.4, -0.2) is 4.98 Å². The molecule has 21 heavy (non-hydrogen) atoms. The molecule has 0 aliphatic rings. The summed E-state index contributed by atoms with van der Waals surface area (Å²) in [5.74, 6) is 5.64. The number of nitrogens with two attached hydrogens (primary N) is 3. The van der Waals surface area contributed by atoms with Crippen LogP contribution >= 0.6 is 0 Å². The van der Waals surface area contributed by atoms with Crippen molar-refractivity contribution < 1.29 is 13.2 Å². The van der Waals surface area contributed by atoms with Crippen molar-refractivity contribution >= 4 is 17.3 Å².